The molecule has 0 aliphatic heterocycles. The summed E-state index contributed by atoms with van der Waals surface area (Å²) in [7, 11) is 0. The van der Waals surface area contributed by atoms with Crippen LogP contribution in [0, 0.1) is 0 Å². The number of aromatic nitrogens is 1. The van der Waals surface area contributed by atoms with Gasteiger partial charge in [-0.1, -0.05) is 0 Å². The Morgan fingerprint density at radius 1 is 1.50 bits per heavy atom. The first-order chi connectivity index (χ1) is 7.37. The molecule has 0 aromatic carbocycles. The van der Waals surface area contributed by atoms with Crippen molar-refractivity contribution in [1.29, 1.82) is 0 Å². The van der Waals surface area contributed by atoms with Gasteiger partial charge in [0.15, 0.2) is 0 Å². The number of nitrogens with one attached hydrogen (secondary N) is 1. The third kappa shape index (κ3) is 5.11. The number of carbonyl (C=O) groups excluding carboxylic acids is 1. The van der Waals surface area contributed by atoms with E-state index in [0.29, 0.717) is 5.69 Å². The average Bonchev–Trinajstić information content (AvgIpc) is 2.14. The summed E-state index contributed by atoms with van der Waals surface area (Å²) in [4.78, 5) is 15.4. The highest BCUT2D eigenvalue weighted by atomic mass is 79.9. The van der Waals surface area contributed by atoms with Crippen LogP contribution in [0.4, 0.5) is 4.79 Å². The van der Waals surface area contributed by atoms with Crippen molar-refractivity contribution in [2.75, 3.05) is 0 Å². The Morgan fingerprint density at radius 2 is 2.19 bits per heavy atom. The minimum atomic E-state index is -0.433. The van der Waals surface area contributed by atoms with Crippen LogP contribution in [0.5, 0.6) is 0 Å². The van der Waals surface area contributed by atoms with E-state index < -0.39 is 6.09 Å². The molecule has 0 fully saturated rings. The summed E-state index contributed by atoms with van der Waals surface area (Å²) < 4.78 is 5.91. The van der Waals surface area contributed by atoms with Gasteiger partial charge in [0.1, 0.15) is 6.61 Å². The molecule has 1 aromatic heterocycles. The number of alkyl carbamates (subject to hydrolysis) is 1. The summed E-state index contributed by atoms with van der Waals surface area (Å²) in [6.45, 7) is 5.86. The Balaban J connectivity index is 2.40. The highest BCUT2D eigenvalue weighted by Crippen LogP contribution is 2.08. The SMILES string of the molecule is CC(C)(C)NC(=O)OCc1ccc(Br)cn1. The second kappa shape index (κ2) is 5.30. The van der Waals surface area contributed by atoms with Crippen molar-refractivity contribution in [3.8, 4) is 0 Å². The summed E-state index contributed by atoms with van der Waals surface area (Å²) >= 11 is 3.28. The summed E-state index contributed by atoms with van der Waals surface area (Å²) in [5.74, 6) is 0. The molecule has 0 radical (unpaired) electrons. The fourth-order valence-electron chi connectivity index (χ4n) is 0.974. The maximum Gasteiger partial charge on any atom is 0.407 e. The van der Waals surface area contributed by atoms with Gasteiger partial charge >= 0.3 is 6.09 Å². The van der Waals surface area contributed by atoms with E-state index in [4.69, 9.17) is 4.74 Å². The lowest BCUT2D eigenvalue weighted by Crippen LogP contribution is -2.40. The molecule has 16 heavy (non-hydrogen) atoms. The average molecular weight is 287 g/mol. The number of ether oxygens (including phenoxy) is 1. The van der Waals surface area contributed by atoms with Gasteiger partial charge in [0.05, 0.1) is 5.69 Å². The topological polar surface area (TPSA) is 51.2 Å². The lowest BCUT2D eigenvalue weighted by Gasteiger charge is -2.19. The first-order valence-electron chi connectivity index (χ1n) is 4.92. The maximum absolute atomic E-state index is 11.3. The van der Waals surface area contributed by atoms with Crippen molar-refractivity contribution in [3.05, 3.63) is 28.5 Å². The first-order valence-corrected chi connectivity index (χ1v) is 5.71. The van der Waals surface area contributed by atoms with Gasteiger partial charge in [-0.3, -0.25) is 4.98 Å². The minimum Gasteiger partial charge on any atom is -0.443 e. The molecule has 1 heterocycles. The fourth-order valence-corrected chi connectivity index (χ4v) is 1.21. The Bertz CT molecular complexity index is 357. The second-order valence-corrected chi connectivity index (χ2v) is 5.33. The van der Waals surface area contributed by atoms with Crippen LogP contribution in [0.15, 0.2) is 22.8 Å². The van der Waals surface area contributed by atoms with Crippen LogP contribution in [0.25, 0.3) is 0 Å². The Hall–Kier alpha value is -1.10. The van der Waals surface area contributed by atoms with Gasteiger partial charge in [0.25, 0.3) is 0 Å². The number of amides is 1. The molecule has 0 atom stereocenters. The van der Waals surface area contributed by atoms with Gasteiger partial charge in [-0.25, -0.2) is 4.79 Å². The van der Waals surface area contributed by atoms with Gasteiger partial charge in [-0.05, 0) is 48.8 Å². The second-order valence-electron chi connectivity index (χ2n) is 4.42. The van der Waals surface area contributed by atoms with Crippen molar-refractivity contribution in [2.45, 2.75) is 32.9 Å². The van der Waals surface area contributed by atoms with Crippen molar-refractivity contribution in [3.63, 3.8) is 0 Å². The van der Waals surface area contributed by atoms with E-state index >= 15 is 0 Å². The van der Waals surface area contributed by atoms with E-state index in [1.165, 1.54) is 0 Å². The first kappa shape index (κ1) is 13.0. The van der Waals surface area contributed by atoms with E-state index in [2.05, 4.69) is 26.2 Å². The highest BCUT2D eigenvalue weighted by molar-refractivity contribution is 9.10. The van der Waals surface area contributed by atoms with Crippen LogP contribution in [0.3, 0.4) is 0 Å². The van der Waals surface area contributed by atoms with Crippen LogP contribution >= 0.6 is 15.9 Å². The zero-order chi connectivity index (χ0) is 12.2. The van der Waals surface area contributed by atoms with Gasteiger partial charge in [0.2, 0.25) is 0 Å². The van der Waals surface area contributed by atoms with Crippen LogP contribution in [0.1, 0.15) is 26.5 Å². The third-order valence-electron chi connectivity index (χ3n) is 1.62. The number of nitrogens with zero attached hydrogens (tertiary/aromatic N) is 1. The number of hydrogen-bond donors (Lipinski definition) is 1. The van der Waals surface area contributed by atoms with E-state index in [9.17, 15) is 4.79 Å². The molecule has 0 aliphatic carbocycles. The van der Waals surface area contributed by atoms with Gasteiger partial charge in [-0.15, -0.1) is 0 Å². The molecule has 1 rings (SSSR count). The zero-order valence-electron chi connectivity index (χ0n) is 9.58. The highest BCUT2D eigenvalue weighted by Gasteiger charge is 2.14. The number of halogens is 1. The van der Waals surface area contributed by atoms with Gasteiger partial charge < -0.3 is 10.1 Å². The van der Waals surface area contributed by atoms with E-state index in [-0.39, 0.29) is 12.1 Å². The van der Waals surface area contributed by atoms with Crippen molar-refractivity contribution >= 4 is 22.0 Å². The zero-order valence-corrected chi connectivity index (χ0v) is 11.2. The molecule has 0 bridgehead atoms. The molecule has 0 aliphatic rings. The molecule has 0 unspecified atom stereocenters. The smallest absolute Gasteiger partial charge is 0.407 e. The largest absolute Gasteiger partial charge is 0.443 e. The fraction of sp³-hybridized carbons (Fsp3) is 0.455. The minimum absolute atomic E-state index is 0.176. The summed E-state index contributed by atoms with van der Waals surface area (Å²) in [6.07, 6.45) is 1.23. The molecule has 1 N–H and O–H groups in total. The lowest BCUT2D eigenvalue weighted by molar-refractivity contribution is 0.130. The van der Waals surface area contributed by atoms with E-state index in [0.717, 1.165) is 4.47 Å². The van der Waals surface area contributed by atoms with Crippen LogP contribution in [-0.2, 0) is 11.3 Å². The summed E-state index contributed by atoms with van der Waals surface area (Å²) in [6, 6.07) is 3.65. The normalized spacial score (nSPS) is 11.0. The van der Waals surface area contributed by atoms with Gasteiger partial charge in [-0.2, -0.15) is 0 Å². The standard InChI is InChI=1S/C11H15BrN2O2/c1-11(2,3)14-10(15)16-7-9-5-4-8(12)6-13-9/h4-6H,7H2,1-3H3,(H,14,15). The Labute approximate surface area is 104 Å². The predicted octanol–water partition coefficient (Wildman–Crippen LogP) is 2.87. The Kier molecular flexibility index (Phi) is 4.29. The quantitative estimate of drug-likeness (QED) is 0.910. The molecule has 0 saturated heterocycles. The molecular formula is C11H15BrN2O2. The van der Waals surface area contributed by atoms with Crippen molar-refractivity contribution in [2.24, 2.45) is 0 Å². The molecule has 1 aromatic rings. The van der Waals surface area contributed by atoms with Crippen LogP contribution in [0.2, 0.25) is 0 Å². The molecule has 0 saturated carbocycles. The van der Waals surface area contributed by atoms with Crippen molar-refractivity contribution in [1.82, 2.24) is 10.3 Å². The number of carbonyl (C=O) groups is 1. The predicted molar refractivity (Wildman–Crippen MR) is 65.0 cm³/mol. The maximum atomic E-state index is 11.3. The number of pyridine rings is 1. The summed E-state index contributed by atoms with van der Waals surface area (Å²) in [5, 5.41) is 2.70. The van der Waals surface area contributed by atoms with Crippen LogP contribution < -0.4 is 5.32 Å². The van der Waals surface area contributed by atoms with Gasteiger partial charge in [0, 0.05) is 16.2 Å². The summed E-state index contributed by atoms with van der Waals surface area (Å²) in [5.41, 5.74) is 0.428. The molecule has 4 nitrogen and oxygen atoms in total. The monoisotopic (exact) mass is 286 g/mol. The number of hydrogen-bond acceptors (Lipinski definition) is 3. The molecule has 1 amide bonds. The van der Waals surface area contributed by atoms with E-state index in [1.54, 1.807) is 12.3 Å². The lowest BCUT2D eigenvalue weighted by atomic mass is 10.1. The third-order valence-corrected chi connectivity index (χ3v) is 2.09. The number of rotatable bonds is 2. The van der Waals surface area contributed by atoms with Crippen molar-refractivity contribution < 1.29 is 9.53 Å². The molecular weight excluding hydrogens is 272 g/mol. The molecule has 88 valence electrons. The van der Waals surface area contributed by atoms with Crippen LogP contribution in [-0.4, -0.2) is 16.6 Å². The molecule has 5 heteroatoms. The van der Waals surface area contributed by atoms with E-state index in [1.807, 2.05) is 26.8 Å². The Morgan fingerprint density at radius 3 is 2.69 bits per heavy atom. The molecule has 0 spiro atoms.